The fourth-order valence-corrected chi connectivity index (χ4v) is 2.51. The predicted octanol–water partition coefficient (Wildman–Crippen LogP) is 1.44. The van der Waals surface area contributed by atoms with Crippen molar-refractivity contribution in [2.45, 2.75) is 24.9 Å². The Morgan fingerprint density at radius 1 is 1.38 bits per heavy atom. The molecule has 0 aliphatic heterocycles. The molecule has 7 heteroatoms. The number of thioether (sulfide) groups is 1. The molecule has 6 nitrogen and oxygen atoms in total. The van der Waals surface area contributed by atoms with Crippen molar-refractivity contribution < 1.29 is 4.79 Å². The summed E-state index contributed by atoms with van der Waals surface area (Å²) in [5, 5.41) is 9.44. The molecule has 21 heavy (non-hydrogen) atoms. The first kappa shape index (κ1) is 15.2. The van der Waals surface area contributed by atoms with E-state index in [1.54, 1.807) is 6.92 Å². The van der Waals surface area contributed by atoms with Crippen molar-refractivity contribution >= 4 is 17.7 Å². The van der Waals surface area contributed by atoms with Crippen LogP contribution in [0.2, 0.25) is 0 Å². The summed E-state index contributed by atoms with van der Waals surface area (Å²) < 4.78 is 0. The molecular formula is C14H16N4O2S. The molecule has 0 bridgehead atoms. The maximum atomic E-state index is 11.9. The molecule has 0 saturated carbocycles. The molecule has 0 aliphatic carbocycles. The summed E-state index contributed by atoms with van der Waals surface area (Å²) in [4.78, 5) is 26.8. The molecule has 1 atom stereocenters. The van der Waals surface area contributed by atoms with Crippen LogP contribution in [0.4, 0.5) is 0 Å². The van der Waals surface area contributed by atoms with Gasteiger partial charge in [-0.15, -0.1) is 0 Å². The molecule has 0 saturated heterocycles. The summed E-state index contributed by atoms with van der Waals surface area (Å²) in [6.45, 7) is 3.66. The second-order valence-corrected chi connectivity index (χ2v) is 5.48. The number of amides is 1. The topological polar surface area (TPSA) is 87.7 Å². The summed E-state index contributed by atoms with van der Waals surface area (Å²) >= 11 is 1.20. The number of hydrogen-bond acceptors (Lipinski definition) is 5. The fraction of sp³-hybridized carbons (Fsp3) is 0.286. The quantitative estimate of drug-likeness (QED) is 0.816. The molecule has 110 valence electrons. The highest BCUT2D eigenvalue weighted by Gasteiger charge is 2.11. The summed E-state index contributed by atoms with van der Waals surface area (Å²) in [6.07, 6.45) is 0. The maximum absolute atomic E-state index is 11.9. The van der Waals surface area contributed by atoms with Gasteiger partial charge in [-0.2, -0.15) is 10.1 Å². The van der Waals surface area contributed by atoms with Crippen LogP contribution in [0.15, 0.2) is 40.2 Å². The molecule has 0 aliphatic rings. The van der Waals surface area contributed by atoms with E-state index < -0.39 is 5.69 Å². The number of nitrogens with zero attached hydrogens (tertiary/aromatic N) is 2. The van der Waals surface area contributed by atoms with Crippen molar-refractivity contribution in [2.75, 3.05) is 5.75 Å². The van der Waals surface area contributed by atoms with Crippen LogP contribution in [0.1, 0.15) is 24.2 Å². The van der Waals surface area contributed by atoms with E-state index in [2.05, 4.69) is 20.5 Å². The standard InChI is InChI=1S/C14H16N4O2S/c1-9(11-6-4-3-5-7-11)15-12(19)8-21-13-10(2)17-18-14(20)16-13/h3-7,9H,8H2,1-2H3,(H,15,19)(H,16,18,20)/t9-/m0/s1. The Balaban J connectivity index is 1.90. The molecule has 1 heterocycles. The number of nitrogens with one attached hydrogen (secondary N) is 2. The van der Waals surface area contributed by atoms with E-state index in [4.69, 9.17) is 0 Å². The van der Waals surface area contributed by atoms with E-state index in [0.717, 1.165) is 5.56 Å². The molecule has 2 N–H and O–H groups in total. The van der Waals surface area contributed by atoms with Gasteiger partial charge in [0, 0.05) is 0 Å². The van der Waals surface area contributed by atoms with Crippen molar-refractivity contribution in [2.24, 2.45) is 0 Å². The SMILES string of the molecule is Cc1n[nH]c(=O)nc1SCC(=O)N[C@@H](C)c1ccccc1. The molecule has 0 radical (unpaired) electrons. The molecular weight excluding hydrogens is 288 g/mol. The number of carbonyl (C=O) groups is 1. The van der Waals surface area contributed by atoms with Gasteiger partial charge in [0.25, 0.3) is 0 Å². The fourth-order valence-electron chi connectivity index (χ4n) is 1.76. The monoisotopic (exact) mass is 304 g/mol. The molecule has 0 fully saturated rings. The molecule has 2 rings (SSSR count). The Kier molecular flexibility index (Phi) is 5.10. The molecule has 1 amide bonds. The third-order valence-electron chi connectivity index (χ3n) is 2.85. The van der Waals surface area contributed by atoms with Gasteiger partial charge in [0.15, 0.2) is 0 Å². The zero-order valence-corrected chi connectivity index (χ0v) is 12.6. The highest BCUT2D eigenvalue weighted by molar-refractivity contribution is 7.99. The van der Waals surface area contributed by atoms with Crippen molar-refractivity contribution in [1.29, 1.82) is 0 Å². The van der Waals surface area contributed by atoms with Crippen LogP contribution in [0.25, 0.3) is 0 Å². The lowest BCUT2D eigenvalue weighted by Crippen LogP contribution is -2.28. The van der Waals surface area contributed by atoms with Gasteiger partial charge in [-0.3, -0.25) is 4.79 Å². The summed E-state index contributed by atoms with van der Waals surface area (Å²) in [5.41, 5.74) is 1.13. The van der Waals surface area contributed by atoms with Crippen LogP contribution in [-0.2, 0) is 4.79 Å². The van der Waals surface area contributed by atoms with Crippen molar-refractivity contribution in [1.82, 2.24) is 20.5 Å². The third-order valence-corrected chi connectivity index (χ3v) is 3.92. The van der Waals surface area contributed by atoms with Crippen LogP contribution < -0.4 is 11.0 Å². The van der Waals surface area contributed by atoms with Crippen LogP contribution in [0.5, 0.6) is 0 Å². The number of H-pyrrole nitrogens is 1. The highest BCUT2D eigenvalue weighted by atomic mass is 32.2. The molecule has 2 aromatic rings. The van der Waals surface area contributed by atoms with Gasteiger partial charge in [-0.25, -0.2) is 9.89 Å². The highest BCUT2D eigenvalue weighted by Crippen LogP contribution is 2.16. The van der Waals surface area contributed by atoms with Gasteiger partial charge in [0.05, 0.1) is 17.5 Å². The number of hydrogen-bond donors (Lipinski definition) is 2. The van der Waals surface area contributed by atoms with E-state index in [1.165, 1.54) is 11.8 Å². The van der Waals surface area contributed by atoms with Crippen LogP contribution in [0.3, 0.4) is 0 Å². The summed E-state index contributed by atoms with van der Waals surface area (Å²) in [5.74, 6) is 0.0775. The molecule has 0 unspecified atom stereocenters. The Bertz CT molecular complexity index is 672. The first-order valence-corrected chi connectivity index (χ1v) is 7.45. The van der Waals surface area contributed by atoms with Gasteiger partial charge in [-0.1, -0.05) is 42.1 Å². The summed E-state index contributed by atoms with van der Waals surface area (Å²) in [6, 6.07) is 9.66. The van der Waals surface area contributed by atoms with E-state index >= 15 is 0 Å². The van der Waals surface area contributed by atoms with Gasteiger partial charge < -0.3 is 5.32 Å². The van der Waals surface area contributed by atoms with Crippen LogP contribution >= 0.6 is 11.8 Å². The third kappa shape index (κ3) is 4.42. The maximum Gasteiger partial charge on any atom is 0.362 e. The van der Waals surface area contributed by atoms with E-state index in [9.17, 15) is 9.59 Å². The zero-order chi connectivity index (χ0) is 15.2. The van der Waals surface area contributed by atoms with Crippen molar-refractivity contribution in [3.8, 4) is 0 Å². The van der Waals surface area contributed by atoms with E-state index in [0.29, 0.717) is 10.7 Å². The van der Waals surface area contributed by atoms with Gasteiger partial charge >= 0.3 is 5.69 Å². The van der Waals surface area contributed by atoms with Crippen molar-refractivity contribution in [3.63, 3.8) is 0 Å². The number of benzene rings is 1. The number of aromatic amines is 1. The number of carbonyl (C=O) groups excluding carboxylic acids is 1. The Morgan fingerprint density at radius 2 is 2.10 bits per heavy atom. The van der Waals surface area contributed by atoms with Gasteiger partial charge in [0.1, 0.15) is 5.03 Å². The predicted molar refractivity (Wildman–Crippen MR) is 81.1 cm³/mol. The van der Waals surface area contributed by atoms with Crippen LogP contribution in [-0.4, -0.2) is 26.8 Å². The smallest absolute Gasteiger partial charge is 0.349 e. The minimum absolute atomic E-state index is 0.0642. The second-order valence-electron chi connectivity index (χ2n) is 4.52. The number of rotatable bonds is 5. The average Bonchev–Trinajstić information content (AvgIpc) is 2.49. The summed E-state index contributed by atoms with van der Waals surface area (Å²) in [7, 11) is 0. The Hall–Kier alpha value is -2.15. The number of aryl methyl sites for hydroxylation is 1. The average molecular weight is 304 g/mol. The zero-order valence-electron chi connectivity index (χ0n) is 11.8. The first-order valence-electron chi connectivity index (χ1n) is 6.46. The largest absolute Gasteiger partial charge is 0.362 e. The lowest BCUT2D eigenvalue weighted by molar-refractivity contribution is -0.119. The normalized spacial score (nSPS) is 11.9. The van der Waals surface area contributed by atoms with Crippen molar-refractivity contribution in [3.05, 3.63) is 52.1 Å². The van der Waals surface area contributed by atoms with E-state index in [-0.39, 0.29) is 17.7 Å². The molecule has 1 aromatic heterocycles. The Morgan fingerprint density at radius 3 is 2.81 bits per heavy atom. The molecule has 1 aromatic carbocycles. The number of aromatic nitrogens is 3. The molecule has 0 spiro atoms. The minimum atomic E-state index is -0.513. The van der Waals surface area contributed by atoms with Crippen LogP contribution in [0, 0.1) is 6.92 Å². The minimum Gasteiger partial charge on any atom is -0.349 e. The van der Waals surface area contributed by atoms with E-state index in [1.807, 2.05) is 37.3 Å². The lowest BCUT2D eigenvalue weighted by atomic mass is 10.1. The second kappa shape index (κ2) is 7.03. The Labute approximate surface area is 126 Å². The van der Waals surface area contributed by atoms with Gasteiger partial charge in [-0.05, 0) is 19.4 Å². The lowest BCUT2D eigenvalue weighted by Gasteiger charge is -2.14. The first-order chi connectivity index (χ1) is 10.1. The van der Waals surface area contributed by atoms with Gasteiger partial charge in [0.2, 0.25) is 5.91 Å².